The molecule has 0 spiro atoms. The average Bonchev–Trinajstić information content (AvgIpc) is 2.80. The molecule has 0 bridgehead atoms. The summed E-state index contributed by atoms with van der Waals surface area (Å²) in [6.07, 6.45) is 1.04. The Morgan fingerprint density at radius 3 is 2.39 bits per heavy atom. The van der Waals surface area contributed by atoms with Gasteiger partial charge in [-0.15, -0.1) is 0 Å². The first-order valence-corrected chi connectivity index (χ1v) is 12.0. The van der Waals surface area contributed by atoms with Crippen molar-refractivity contribution in [1.29, 1.82) is 0 Å². The fraction of sp³-hybridized carbons (Fsp3) is 0.320. The minimum Gasteiger partial charge on any atom is -0.355 e. The van der Waals surface area contributed by atoms with Crippen molar-refractivity contribution in [3.8, 4) is 0 Å². The zero-order valence-corrected chi connectivity index (χ0v) is 20.2. The summed E-state index contributed by atoms with van der Waals surface area (Å²) >= 11 is 1.73. The third kappa shape index (κ3) is 4.90. The highest BCUT2D eigenvalue weighted by Gasteiger charge is 2.36. The van der Waals surface area contributed by atoms with Gasteiger partial charge in [0.15, 0.2) is 5.17 Å². The number of likely N-dealkylation sites (N-methyl/N-ethyl adjacent to an activating group) is 1. The summed E-state index contributed by atoms with van der Waals surface area (Å²) in [6.45, 7) is 6.80. The second kappa shape index (κ2) is 9.70. The number of aliphatic imine (C=N–C) groups is 1. The number of rotatable bonds is 4. The van der Waals surface area contributed by atoms with Gasteiger partial charge in [-0.3, -0.25) is 4.79 Å². The molecule has 2 aliphatic rings. The second-order valence-corrected chi connectivity index (χ2v) is 9.33. The molecule has 0 radical (unpaired) electrons. The van der Waals surface area contributed by atoms with Gasteiger partial charge in [0.25, 0.3) is 5.91 Å². The largest absolute Gasteiger partial charge is 0.355 e. The van der Waals surface area contributed by atoms with Crippen LogP contribution >= 0.6 is 11.8 Å². The topological polar surface area (TPSA) is 85.8 Å². The van der Waals surface area contributed by atoms with E-state index < -0.39 is 0 Å². The van der Waals surface area contributed by atoms with Crippen molar-refractivity contribution in [2.45, 2.75) is 33.2 Å². The van der Waals surface area contributed by atoms with Gasteiger partial charge in [0.1, 0.15) is 0 Å². The third-order valence-electron chi connectivity index (χ3n) is 5.98. The standard InChI is InChI=1S/C25H29N5O2S/c1-15-6-9-20(14-16(15)2)29-24(32)28-19-10-7-18(8-11-19)22-21(23(31)26-4)17(3)27-25-30(22)12-5-13-33-25/h6-11,14,22H,5,12-13H2,1-4H3,(H,26,31)(H2,28,29,32). The maximum Gasteiger partial charge on any atom is 0.323 e. The number of aryl methyl sites for hydroxylation is 2. The minimum absolute atomic E-state index is 0.120. The van der Waals surface area contributed by atoms with Crippen LogP contribution in [0.5, 0.6) is 0 Å². The molecule has 0 aliphatic carbocycles. The van der Waals surface area contributed by atoms with E-state index in [2.05, 4.69) is 20.9 Å². The van der Waals surface area contributed by atoms with Gasteiger partial charge in [-0.25, -0.2) is 9.79 Å². The van der Waals surface area contributed by atoms with Crippen LogP contribution in [0.3, 0.4) is 0 Å². The lowest BCUT2D eigenvalue weighted by Gasteiger charge is -2.40. The molecule has 4 rings (SSSR count). The molecule has 2 aromatic carbocycles. The number of amides is 3. The van der Waals surface area contributed by atoms with Crippen LogP contribution in [-0.2, 0) is 4.79 Å². The number of benzene rings is 2. The van der Waals surface area contributed by atoms with Crippen molar-refractivity contribution in [2.24, 2.45) is 4.99 Å². The second-order valence-electron chi connectivity index (χ2n) is 8.27. The zero-order chi connectivity index (χ0) is 23.5. The van der Waals surface area contributed by atoms with E-state index in [0.717, 1.165) is 46.4 Å². The molecular weight excluding hydrogens is 434 g/mol. The highest BCUT2D eigenvalue weighted by molar-refractivity contribution is 8.13. The molecule has 1 fully saturated rings. The molecule has 3 amide bonds. The van der Waals surface area contributed by atoms with Crippen molar-refractivity contribution < 1.29 is 9.59 Å². The van der Waals surface area contributed by atoms with Crippen molar-refractivity contribution in [1.82, 2.24) is 10.2 Å². The average molecular weight is 464 g/mol. The summed E-state index contributed by atoms with van der Waals surface area (Å²) in [4.78, 5) is 32.1. The maximum absolute atomic E-state index is 12.7. The van der Waals surface area contributed by atoms with Gasteiger partial charge < -0.3 is 20.9 Å². The molecule has 1 saturated heterocycles. The van der Waals surface area contributed by atoms with E-state index >= 15 is 0 Å². The molecule has 2 heterocycles. The van der Waals surface area contributed by atoms with E-state index in [4.69, 9.17) is 4.99 Å². The van der Waals surface area contributed by atoms with Gasteiger partial charge in [-0.05, 0) is 68.1 Å². The number of nitrogens with one attached hydrogen (secondary N) is 3. The predicted molar refractivity (Wildman–Crippen MR) is 136 cm³/mol. The Hall–Kier alpha value is -3.26. The van der Waals surface area contributed by atoms with Crippen LogP contribution in [0, 0.1) is 13.8 Å². The first-order valence-electron chi connectivity index (χ1n) is 11.0. The molecule has 0 saturated carbocycles. The maximum atomic E-state index is 12.7. The Morgan fingerprint density at radius 1 is 1.00 bits per heavy atom. The molecular formula is C25H29N5O2S. The smallest absolute Gasteiger partial charge is 0.323 e. The molecule has 7 nitrogen and oxygen atoms in total. The number of hydrogen-bond donors (Lipinski definition) is 3. The van der Waals surface area contributed by atoms with Gasteiger partial charge in [0.2, 0.25) is 0 Å². The number of carbonyl (C=O) groups is 2. The van der Waals surface area contributed by atoms with E-state index in [1.807, 2.05) is 63.2 Å². The number of amidine groups is 1. The first kappa shape index (κ1) is 22.9. The van der Waals surface area contributed by atoms with Gasteiger partial charge in [0, 0.05) is 30.7 Å². The molecule has 3 N–H and O–H groups in total. The molecule has 33 heavy (non-hydrogen) atoms. The molecule has 2 aliphatic heterocycles. The zero-order valence-electron chi connectivity index (χ0n) is 19.4. The van der Waals surface area contributed by atoms with Crippen LogP contribution in [0.15, 0.2) is 58.7 Å². The van der Waals surface area contributed by atoms with Crippen LogP contribution in [-0.4, -0.2) is 41.4 Å². The quantitative estimate of drug-likeness (QED) is 0.607. The van der Waals surface area contributed by atoms with Gasteiger partial charge in [0.05, 0.1) is 17.3 Å². The van der Waals surface area contributed by atoms with Crippen molar-refractivity contribution in [3.05, 3.63) is 70.4 Å². The molecule has 1 unspecified atom stereocenters. The Balaban J connectivity index is 1.53. The van der Waals surface area contributed by atoms with E-state index in [1.165, 1.54) is 5.56 Å². The van der Waals surface area contributed by atoms with Gasteiger partial charge >= 0.3 is 6.03 Å². The SMILES string of the molecule is CNC(=O)C1=C(C)N=C2SCCCN2C1c1ccc(NC(=O)Nc2ccc(C)c(C)c2)cc1. The fourth-order valence-corrected chi connectivity index (χ4v) is 5.12. The molecule has 8 heteroatoms. The third-order valence-corrected chi connectivity index (χ3v) is 7.06. The highest BCUT2D eigenvalue weighted by atomic mass is 32.2. The number of anilines is 2. The van der Waals surface area contributed by atoms with Crippen LogP contribution < -0.4 is 16.0 Å². The number of fused-ring (bicyclic) bond motifs is 1. The normalized spacial score (nSPS) is 17.8. The van der Waals surface area contributed by atoms with Crippen LogP contribution in [0.1, 0.15) is 36.1 Å². The van der Waals surface area contributed by atoms with Crippen molar-refractivity contribution in [2.75, 3.05) is 30.0 Å². The van der Waals surface area contributed by atoms with E-state index in [9.17, 15) is 9.59 Å². The number of thioether (sulfide) groups is 1. The number of nitrogens with zero attached hydrogens (tertiary/aromatic N) is 2. The fourth-order valence-electron chi connectivity index (χ4n) is 4.10. The Morgan fingerprint density at radius 2 is 1.70 bits per heavy atom. The summed E-state index contributed by atoms with van der Waals surface area (Å²) in [5.74, 6) is 0.911. The lowest BCUT2D eigenvalue weighted by Crippen LogP contribution is -2.43. The van der Waals surface area contributed by atoms with Gasteiger partial charge in [-0.2, -0.15) is 0 Å². The summed E-state index contributed by atoms with van der Waals surface area (Å²) in [5, 5.41) is 9.48. The summed E-state index contributed by atoms with van der Waals surface area (Å²) < 4.78 is 0. The van der Waals surface area contributed by atoms with E-state index in [0.29, 0.717) is 11.3 Å². The van der Waals surface area contributed by atoms with Crippen LogP contribution in [0.4, 0.5) is 16.2 Å². The monoisotopic (exact) mass is 463 g/mol. The van der Waals surface area contributed by atoms with Crippen LogP contribution in [0.2, 0.25) is 0 Å². The molecule has 172 valence electrons. The Kier molecular flexibility index (Phi) is 6.74. The van der Waals surface area contributed by atoms with Crippen LogP contribution in [0.25, 0.3) is 0 Å². The van der Waals surface area contributed by atoms with E-state index in [-0.39, 0.29) is 18.0 Å². The minimum atomic E-state index is -0.299. The lowest BCUT2D eigenvalue weighted by molar-refractivity contribution is -0.117. The first-order chi connectivity index (χ1) is 15.9. The number of urea groups is 1. The summed E-state index contributed by atoms with van der Waals surface area (Å²) in [7, 11) is 1.64. The molecule has 1 atom stereocenters. The number of hydrogen-bond acceptors (Lipinski definition) is 5. The Labute approximate surface area is 198 Å². The van der Waals surface area contributed by atoms with E-state index in [1.54, 1.807) is 18.8 Å². The summed E-state index contributed by atoms with van der Waals surface area (Å²) in [6, 6.07) is 13.0. The predicted octanol–water partition coefficient (Wildman–Crippen LogP) is 4.82. The highest BCUT2D eigenvalue weighted by Crippen LogP contribution is 2.39. The van der Waals surface area contributed by atoms with Crippen molar-refractivity contribution in [3.63, 3.8) is 0 Å². The summed E-state index contributed by atoms with van der Waals surface area (Å²) in [5.41, 5.74) is 6.13. The van der Waals surface area contributed by atoms with Gasteiger partial charge in [-0.1, -0.05) is 30.0 Å². The molecule has 0 aromatic heterocycles. The Bertz CT molecular complexity index is 1140. The van der Waals surface area contributed by atoms with Crippen molar-refractivity contribution >= 4 is 40.2 Å². The molecule has 2 aromatic rings. The lowest BCUT2D eigenvalue weighted by atomic mass is 9.93. The number of allylic oxidation sites excluding steroid dienone is 1. The number of carbonyl (C=O) groups excluding carboxylic acids is 2.